The van der Waals surface area contributed by atoms with Gasteiger partial charge in [0.05, 0.1) is 6.10 Å². The van der Waals surface area contributed by atoms with Crippen molar-refractivity contribution in [2.24, 2.45) is 5.92 Å². The van der Waals surface area contributed by atoms with Gasteiger partial charge in [-0.15, -0.1) is 0 Å². The Labute approximate surface area is 200 Å². The standard InChI is InChI=1S/C28H29N3O3/c1-2-34-27-15-25(27)26(32)14-20-12-19(16-29-17-20)13-23-8-5-22(18-30-23)21-6-9-24(10-7-21)31-11-3-4-28(31)33/h5-10,12,16-18,25,27H,2-4,11,13-15H2,1H3/t25-,27+/m1/s1. The van der Waals surface area contributed by atoms with Crippen molar-refractivity contribution in [3.63, 3.8) is 0 Å². The Morgan fingerprint density at radius 1 is 1.06 bits per heavy atom. The van der Waals surface area contributed by atoms with E-state index in [0.717, 1.165) is 53.0 Å². The lowest BCUT2D eigenvalue weighted by Crippen LogP contribution is -2.23. The zero-order chi connectivity index (χ0) is 23.5. The van der Waals surface area contributed by atoms with Gasteiger partial charge in [0.2, 0.25) is 5.91 Å². The number of anilines is 1. The van der Waals surface area contributed by atoms with Gasteiger partial charge in [-0.1, -0.05) is 24.3 Å². The third-order valence-electron chi connectivity index (χ3n) is 6.55. The minimum absolute atomic E-state index is 0.0442. The molecule has 6 nitrogen and oxygen atoms in total. The highest BCUT2D eigenvalue weighted by Gasteiger charge is 2.43. The fraction of sp³-hybridized carbons (Fsp3) is 0.357. The number of rotatable bonds is 9. The van der Waals surface area contributed by atoms with Gasteiger partial charge < -0.3 is 9.64 Å². The third-order valence-corrected chi connectivity index (χ3v) is 6.55. The van der Waals surface area contributed by atoms with Crippen LogP contribution in [0.4, 0.5) is 5.69 Å². The number of carbonyl (C=O) groups is 2. The lowest BCUT2D eigenvalue weighted by atomic mass is 10.0. The summed E-state index contributed by atoms with van der Waals surface area (Å²) >= 11 is 0. The average Bonchev–Trinajstić information content (AvgIpc) is 3.50. The summed E-state index contributed by atoms with van der Waals surface area (Å²) in [6.07, 6.45) is 9.07. The SMILES string of the molecule is CCO[C@H]1C[C@@H]1C(=O)Cc1cncc(Cc2ccc(-c3ccc(N4CCCC4=O)cc3)cn2)c1. The first-order valence-electron chi connectivity index (χ1n) is 12.0. The second-order valence-corrected chi connectivity index (χ2v) is 9.09. The van der Waals surface area contributed by atoms with Crippen molar-refractivity contribution in [3.8, 4) is 11.1 Å². The first-order chi connectivity index (χ1) is 16.6. The smallest absolute Gasteiger partial charge is 0.227 e. The van der Waals surface area contributed by atoms with Crippen molar-refractivity contribution in [1.82, 2.24) is 9.97 Å². The predicted octanol–water partition coefficient (Wildman–Crippen LogP) is 4.40. The molecule has 2 atom stereocenters. The van der Waals surface area contributed by atoms with E-state index in [9.17, 15) is 9.59 Å². The maximum absolute atomic E-state index is 12.5. The van der Waals surface area contributed by atoms with Crippen LogP contribution in [-0.2, 0) is 27.2 Å². The predicted molar refractivity (Wildman–Crippen MR) is 131 cm³/mol. The van der Waals surface area contributed by atoms with Gasteiger partial charge in [0.25, 0.3) is 0 Å². The first-order valence-corrected chi connectivity index (χ1v) is 12.0. The number of nitrogens with zero attached hydrogens (tertiary/aromatic N) is 3. The Morgan fingerprint density at radius 3 is 2.56 bits per heavy atom. The number of carbonyl (C=O) groups excluding carboxylic acids is 2. The number of hydrogen-bond donors (Lipinski definition) is 0. The molecule has 0 radical (unpaired) electrons. The fourth-order valence-corrected chi connectivity index (χ4v) is 4.64. The third kappa shape index (κ3) is 5.07. The highest BCUT2D eigenvalue weighted by molar-refractivity contribution is 5.95. The van der Waals surface area contributed by atoms with Crippen LogP contribution in [0.15, 0.2) is 61.1 Å². The molecule has 1 saturated heterocycles. The van der Waals surface area contributed by atoms with Crippen LogP contribution < -0.4 is 4.90 Å². The van der Waals surface area contributed by atoms with Crippen molar-refractivity contribution in [1.29, 1.82) is 0 Å². The summed E-state index contributed by atoms with van der Waals surface area (Å²) in [7, 11) is 0. The second kappa shape index (κ2) is 9.85. The maximum atomic E-state index is 12.5. The van der Waals surface area contributed by atoms with Gasteiger partial charge in [-0.2, -0.15) is 0 Å². The molecular formula is C28H29N3O3. The van der Waals surface area contributed by atoms with Crippen LogP contribution in [0.2, 0.25) is 0 Å². The summed E-state index contributed by atoms with van der Waals surface area (Å²) in [4.78, 5) is 35.3. The molecule has 3 aromatic rings. The fourth-order valence-electron chi connectivity index (χ4n) is 4.64. The molecule has 6 heteroatoms. The summed E-state index contributed by atoms with van der Waals surface area (Å²) in [6.45, 7) is 3.41. The van der Waals surface area contributed by atoms with Crippen LogP contribution in [-0.4, -0.2) is 40.9 Å². The molecule has 5 rings (SSSR count). The molecule has 2 aliphatic rings. The number of amides is 1. The van der Waals surface area contributed by atoms with Gasteiger partial charge in [-0.3, -0.25) is 19.6 Å². The molecule has 1 aliphatic heterocycles. The Bertz CT molecular complexity index is 1170. The van der Waals surface area contributed by atoms with Crippen molar-refractivity contribution < 1.29 is 14.3 Å². The van der Waals surface area contributed by atoms with Crippen molar-refractivity contribution >= 4 is 17.4 Å². The van der Waals surface area contributed by atoms with E-state index in [0.29, 0.717) is 25.9 Å². The normalized spacial score (nSPS) is 19.4. The molecule has 3 heterocycles. The van der Waals surface area contributed by atoms with Crippen molar-refractivity contribution in [2.45, 2.75) is 45.1 Å². The molecule has 2 aromatic heterocycles. The highest BCUT2D eigenvalue weighted by Crippen LogP contribution is 2.35. The van der Waals surface area contributed by atoms with E-state index in [1.165, 1.54) is 0 Å². The molecule has 174 valence electrons. The molecule has 0 unspecified atom stereocenters. The van der Waals surface area contributed by atoms with Crippen molar-refractivity contribution in [3.05, 3.63) is 77.9 Å². The molecule has 0 bridgehead atoms. The molecular weight excluding hydrogens is 426 g/mol. The van der Waals surface area contributed by atoms with E-state index in [1.807, 2.05) is 54.5 Å². The van der Waals surface area contributed by atoms with Crippen LogP contribution >= 0.6 is 0 Å². The first kappa shape index (κ1) is 22.4. The lowest BCUT2D eigenvalue weighted by Gasteiger charge is -2.16. The maximum Gasteiger partial charge on any atom is 0.227 e. The molecule has 0 N–H and O–H groups in total. The number of benzene rings is 1. The molecule has 0 spiro atoms. The number of Topliss-reactive ketones (excluding diaryl/α,β-unsaturated/α-hetero) is 1. The van der Waals surface area contributed by atoms with Crippen LogP contribution in [0.1, 0.15) is 43.0 Å². The highest BCUT2D eigenvalue weighted by atomic mass is 16.5. The topological polar surface area (TPSA) is 72.4 Å². The molecule has 2 fully saturated rings. The van der Waals surface area contributed by atoms with E-state index in [1.54, 1.807) is 6.20 Å². The molecule has 1 aromatic carbocycles. The van der Waals surface area contributed by atoms with E-state index < -0.39 is 0 Å². The molecule has 34 heavy (non-hydrogen) atoms. The van der Waals surface area contributed by atoms with Gasteiger partial charge in [0, 0.05) is 73.9 Å². The monoisotopic (exact) mass is 455 g/mol. The lowest BCUT2D eigenvalue weighted by molar-refractivity contribution is -0.120. The number of aromatic nitrogens is 2. The Kier molecular flexibility index (Phi) is 6.50. The van der Waals surface area contributed by atoms with Gasteiger partial charge in [0.15, 0.2) is 0 Å². The van der Waals surface area contributed by atoms with Crippen LogP contribution in [0.25, 0.3) is 11.1 Å². The van der Waals surface area contributed by atoms with Gasteiger partial charge in [0.1, 0.15) is 5.78 Å². The molecule has 1 aliphatic carbocycles. The number of ketones is 1. The Hall–Kier alpha value is -3.38. The van der Waals surface area contributed by atoms with Crippen molar-refractivity contribution in [2.75, 3.05) is 18.1 Å². The van der Waals surface area contributed by atoms with E-state index in [4.69, 9.17) is 4.74 Å². The van der Waals surface area contributed by atoms with E-state index >= 15 is 0 Å². The molecule has 1 amide bonds. The molecule has 1 saturated carbocycles. The zero-order valence-electron chi connectivity index (χ0n) is 19.4. The minimum Gasteiger partial charge on any atom is -0.378 e. The largest absolute Gasteiger partial charge is 0.378 e. The number of ether oxygens (including phenoxy) is 1. The summed E-state index contributed by atoms with van der Waals surface area (Å²) in [6, 6.07) is 14.2. The van der Waals surface area contributed by atoms with Gasteiger partial charge >= 0.3 is 0 Å². The van der Waals surface area contributed by atoms with Crippen LogP contribution in [0, 0.1) is 5.92 Å². The Morgan fingerprint density at radius 2 is 1.85 bits per heavy atom. The summed E-state index contributed by atoms with van der Waals surface area (Å²) < 4.78 is 5.54. The summed E-state index contributed by atoms with van der Waals surface area (Å²) in [5.74, 6) is 0.478. The number of pyridine rings is 2. The summed E-state index contributed by atoms with van der Waals surface area (Å²) in [5.41, 5.74) is 6.00. The van der Waals surface area contributed by atoms with Crippen LogP contribution in [0.5, 0.6) is 0 Å². The van der Waals surface area contributed by atoms with Gasteiger partial charge in [-0.25, -0.2) is 0 Å². The van der Waals surface area contributed by atoms with E-state index in [-0.39, 0.29) is 23.7 Å². The van der Waals surface area contributed by atoms with E-state index in [2.05, 4.69) is 22.1 Å². The second-order valence-electron chi connectivity index (χ2n) is 9.09. The summed E-state index contributed by atoms with van der Waals surface area (Å²) in [5, 5.41) is 0. The van der Waals surface area contributed by atoms with Gasteiger partial charge in [-0.05, 0) is 54.7 Å². The average molecular weight is 456 g/mol. The van der Waals surface area contributed by atoms with Crippen LogP contribution in [0.3, 0.4) is 0 Å². The number of hydrogen-bond acceptors (Lipinski definition) is 5. The zero-order valence-corrected chi connectivity index (χ0v) is 19.4. The Balaban J connectivity index is 1.20. The quantitative estimate of drug-likeness (QED) is 0.478. The minimum atomic E-state index is 0.0442.